The Hall–Kier alpha value is -0.706. The third-order valence-electron chi connectivity index (χ3n) is 6.89. The lowest BCUT2D eigenvalue weighted by Gasteiger charge is -2.39. The van der Waals surface area contributed by atoms with Crippen molar-refractivity contribution in [2.24, 2.45) is 0 Å². The van der Waals surface area contributed by atoms with E-state index < -0.39 is 28.8 Å². The molecule has 0 amide bonds. The van der Waals surface area contributed by atoms with E-state index in [0.29, 0.717) is 13.2 Å². The van der Waals surface area contributed by atoms with Gasteiger partial charge in [0.15, 0.2) is 16.6 Å². The predicted octanol–water partition coefficient (Wildman–Crippen LogP) is 5.98. The summed E-state index contributed by atoms with van der Waals surface area (Å²) in [5, 5.41) is 11.2. The van der Waals surface area contributed by atoms with E-state index in [9.17, 15) is 5.11 Å². The minimum atomic E-state index is -1.96. The predicted molar refractivity (Wildman–Crippen MR) is 134 cm³/mol. The first-order valence-electron chi connectivity index (χ1n) is 11.2. The summed E-state index contributed by atoms with van der Waals surface area (Å²) in [5.74, 6) is 0.810. The first-order chi connectivity index (χ1) is 14.0. The molecule has 0 heterocycles. The van der Waals surface area contributed by atoms with Gasteiger partial charge in [-0.2, -0.15) is 0 Å². The lowest BCUT2D eigenvalue weighted by molar-refractivity contribution is -0.0819. The van der Waals surface area contributed by atoms with Crippen molar-refractivity contribution in [1.29, 1.82) is 0 Å². The van der Waals surface area contributed by atoms with Crippen molar-refractivity contribution in [3.63, 3.8) is 0 Å². The van der Waals surface area contributed by atoms with Crippen LogP contribution >= 0.6 is 0 Å². The highest BCUT2D eigenvalue weighted by Crippen LogP contribution is 2.38. The normalized spacial score (nSPS) is 15.6. The van der Waals surface area contributed by atoms with Crippen molar-refractivity contribution < 1.29 is 23.4 Å². The summed E-state index contributed by atoms with van der Waals surface area (Å²) in [5.41, 5.74) is 1.02. The molecule has 180 valence electrons. The van der Waals surface area contributed by atoms with Gasteiger partial charge in [0.05, 0.1) is 26.9 Å². The van der Waals surface area contributed by atoms with Gasteiger partial charge in [0.25, 0.3) is 0 Å². The van der Waals surface area contributed by atoms with Gasteiger partial charge in [-0.15, -0.1) is 0 Å². The maximum Gasteiger partial charge on any atom is 0.192 e. The molecule has 2 atom stereocenters. The molecule has 0 unspecified atom stereocenters. The Labute approximate surface area is 192 Å². The van der Waals surface area contributed by atoms with Crippen LogP contribution in [0.15, 0.2) is 24.3 Å². The lowest BCUT2D eigenvalue weighted by Crippen LogP contribution is -2.48. The van der Waals surface area contributed by atoms with Crippen molar-refractivity contribution in [3.05, 3.63) is 29.8 Å². The van der Waals surface area contributed by atoms with Gasteiger partial charge in [-0.3, -0.25) is 0 Å². The molecule has 0 saturated carbocycles. The average molecular weight is 471 g/mol. The number of aliphatic hydroxyl groups excluding tert-OH is 1. The van der Waals surface area contributed by atoms with Crippen LogP contribution in [0.5, 0.6) is 5.75 Å². The molecule has 1 aromatic rings. The number of rotatable bonds is 11. The molecular weight excluding hydrogens is 424 g/mol. The molecular formula is C24H46O5Si2. The van der Waals surface area contributed by atoms with E-state index in [4.69, 9.17) is 18.3 Å². The Kier molecular flexibility index (Phi) is 10.00. The molecule has 0 saturated heterocycles. The highest BCUT2D eigenvalue weighted by molar-refractivity contribution is 6.74. The van der Waals surface area contributed by atoms with Crippen LogP contribution in [0, 0.1) is 0 Å². The molecule has 1 N–H and O–H groups in total. The largest absolute Gasteiger partial charge is 0.497 e. The van der Waals surface area contributed by atoms with Crippen LogP contribution in [0.2, 0.25) is 36.3 Å². The van der Waals surface area contributed by atoms with Gasteiger partial charge in [0, 0.05) is 0 Å². The third kappa shape index (κ3) is 8.63. The summed E-state index contributed by atoms with van der Waals surface area (Å²) in [7, 11) is -2.27. The van der Waals surface area contributed by atoms with E-state index in [1.54, 1.807) is 7.11 Å². The molecule has 0 aromatic heterocycles. The summed E-state index contributed by atoms with van der Waals surface area (Å²) in [4.78, 5) is 0. The molecule has 0 aliphatic carbocycles. The number of ether oxygens (including phenoxy) is 2. The van der Waals surface area contributed by atoms with Gasteiger partial charge in [0.2, 0.25) is 0 Å². The molecule has 1 rings (SSSR count). The molecule has 31 heavy (non-hydrogen) atoms. The van der Waals surface area contributed by atoms with Crippen molar-refractivity contribution in [2.45, 2.75) is 96.6 Å². The van der Waals surface area contributed by atoms with Crippen molar-refractivity contribution in [2.75, 3.05) is 20.3 Å². The Bertz CT molecular complexity index is 660. The summed E-state index contributed by atoms with van der Waals surface area (Å²) < 4.78 is 24.0. The van der Waals surface area contributed by atoms with Crippen molar-refractivity contribution >= 4 is 16.6 Å². The molecule has 5 nitrogen and oxygen atoms in total. The maximum absolute atomic E-state index is 11.0. The second kappa shape index (κ2) is 10.9. The van der Waals surface area contributed by atoms with Crippen LogP contribution in [-0.2, 0) is 20.2 Å². The fourth-order valence-electron chi connectivity index (χ4n) is 2.32. The molecule has 0 radical (unpaired) electrons. The fraction of sp³-hybridized carbons (Fsp3) is 0.750. The zero-order valence-electron chi connectivity index (χ0n) is 21.7. The van der Waals surface area contributed by atoms with E-state index in [0.717, 1.165) is 11.3 Å². The minimum absolute atomic E-state index is 0.0871. The van der Waals surface area contributed by atoms with Gasteiger partial charge in [-0.05, 0) is 54.0 Å². The van der Waals surface area contributed by atoms with Crippen LogP contribution in [0.4, 0.5) is 0 Å². The van der Waals surface area contributed by atoms with Crippen molar-refractivity contribution in [1.82, 2.24) is 0 Å². The number of benzene rings is 1. The van der Waals surface area contributed by atoms with E-state index in [-0.39, 0.29) is 16.7 Å². The molecule has 0 aliphatic rings. The van der Waals surface area contributed by atoms with Crippen LogP contribution in [0.25, 0.3) is 0 Å². The van der Waals surface area contributed by atoms with E-state index in [1.807, 2.05) is 24.3 Å². The zero-order valence-corrected chi connectivity index (χ0v) is 23.7. The Morgan fingerprint density at radius 1 is 0.806 bits per heavy atom. The summed E-state index contributed by atoms with van der Waals surface area (Å²) in [6, 6.07) is 7.78. The summed E-state index contributed by atoms with van der Waals surface area (Å²) >= 11 is 0. The average Bonchev–Trinajstić information content (AvgIpc) is 2.64. The Balaban J connectivity index is 2.87. The molecule has 0 fully saturated rings. The SMILES string of the molecule is COc1ccc(CO[C@@H](CO[Si](C)(C)C(C)(C)C)[C@@H](O)CO[Si](C)(C)C(C)(C)C)cc1. The van der Waals surface area contributed by atoms with Crippen LogP contribution in [0.1, 0.15) is 47.1 Å². The standard InChI is InChI=1S/C24H46O5Si2/c1-23(2,3)30(8,9)28-17-21(25)22(18-29-31(10,11)24(4,5)6)27-16-19-12-14-20(26-7)15-13-19/h12-15,21-22,25H,16-18H2,1-11H3/t21-,22-/m0/s1. The first kappa shape index (κ1) is 28.3. The van der Waals surface area contributed by atoms with Crippen molar-refractivity contribution in [3.8, 4) is 5.75 Å². The van der Waals surface area contributed by atoms with Gasteiger partial charge in [-0.25, -0.2) is 0 Å². The smallest absolute Gasteiger partial charge is 0.192 e. The summed E-state index contributed by atoms with van der Waals surface area (Å²) in [6.07, 6.45) is -1.21. The van der Waals surface area contributed by atoms with Gasteiger partial charge in [-0.1, -0.05) is 53.7 Å². The highest BCUT2D eigenvalue weighted by Gasteiger charge is 2.40. The van der Waals surface area contributed by atoms with Crippen LogP contribution < -0.4 is 4.74 Å². The topological polar surface area (TPSA) is 57.2 Å². The molecule has 7 heteroatoms. The number of hydrogen-bond donors (Lipinski definition) is 1. The van der Waals surface area contributed by atoms with Gasteiger partial charge in [0.1, 0.15) is 18.0 Å². The third-order valence-corrected chi connectivity index (χ3v) is 15.9. The molecule has 0 spiro atoms. The highest BCUT2D eigenvalue weighted by atomic mass is 28.4. The quantitative estimate of drug-likeness (QED) is 0.403. The minimum Gasteiger partial charge on any atom is -0.497 e. The second-order valence-electron chi connectivity index (χ2n) is 11.4. The van der Waals surface area contributed by atoms with E-state index >= 15 is 0 Å². The molecule has 1 aromatic carbocycles. The molecule has 0 bridgehead atoms. The van der Waals surface area contributed by atoms with Crippen LogP contribution in [0.3, 0.4) is 0 Å². The number of methoxy groups -OCH3 is 1. The maximum atomic E-state index is 11.0. The summed E-state index contributed by atoms with van der Waals surface area (Å²) in [6.45, 7) is 23.1. The van der Waals surface area contributed by atoms with Crippen LogP contribution in [-0.4, -0.2) is 54.3 Å². The number of hydrogen-bond acceptors (Lipinski definition) is 5. The van der Waals surface area contributed by atoms with E-state index in [1.165, 1.54) is 0 Å². The van der Waals surface area contributed by atoms with Gasteiger partial charge >= 0.3 is 0 Å². The fourth-order valence-corrected chi connectivity index (χ4v) is 4.35. The first-order valence-corrected chi connectivity index (χ1v) is 17.0. The second-order valence-corrected chi connectivity index (χ2v) is 21.0. The Morgan fingerprint density at radius 3 is 1.68 bits per heavy atom. The van der Waals surface area contributed by atoms with Gasteiger partial charge < -0.3 is 23.4 Å². The number of aliphatic hydroxyl groups is 1. The Morgan fingerprint density at radius 2 is 1.26 bits per heavy atom. The lowest BCUT2D eigenvalue weighted by atomic mass is 10.2. The van der Waals surface area contributed by atoms with E-state index in [2.05, 4.69) is 67.7 Å². The monoisotopic (exact) mass is 470 g/mol. The zero-order chi connectivity index (χ0) is 24.1. The molecule has 0 aliphatic heterocycles.